The number of primary amides is 1. The van der Waals surface area contributed by atoms with Crippen LogP contribution in [0.4, 0.5) is 4.79 Å². The molecule has 2 atom stereocenters. The molecule has 0 aliphatic carbocycles. The molecule has 2 unspecified atom stereocenters. The van der Waals surface area contributed by atoms with E-state index in [1.54, 1.807) is 0 Å². The van der Waals surface area contributed by atoms with E-state index < -0.39 is 6.09 Å². The van der Waals surface area contributed by atoms with E-state index in [1.165, 1.54) is 5.56 Å². The van der Waals surface area contributed by atoms with Gasteiger partial charge in [0.05, 0.1) is 6.61 Å². The van der Waals surface area contributed by atoms with Crippen LogP contribution in [0.2, 0.25) is 0 Å². The van der Waals surface area contributed by atoms with Crippen LogP contribution in [-0.2, 0) is 11.2 Å². The number of carbonyl (C=O) groups excluding carboxylic acids is 1. The maximum atomic E-state index is 10.6. The Morgan fingerprint density at radius 1 is 1.56 bits per heavy atom. The first-order chi connectivity index (χ1) is 8.72. The zero-order chi connectivity index (χ0) is 13.0. The molecular weight excluding hydrogens is 232 g/mol. The Labute approximate surface area is 106 Å². The molecule has 0 bridgehead atoms. The molecule has 0 spiro atoms. The normalized spacial score (nSPS) is 19.9. The van der Waals surface area contributed by atoms with Crippen molar-refractivity contribution < 1.29 is 14.6 Å². The molecule has 98 valence electrons. The fourth-order valence-corrected chi connectivity index (χ4v) is 2.40. The number of nitrogens with one attached hydrogen (secondary N) is 1. The van der Waals surface area contributed by atoms with E-state index in [0.29, 0.717) is 0 Å². The largest absolute Gasteiger partial charge is 0.449 e. The maximum absolute atomic E-state index is 10.6. The molecule has 2 rings (SSSR count). The molecule has 0 saturated heterocycles. The number of hydrogen-bond donors (Lipinski definition) is 3. The van der Waals surface area contributed by atoms with Gasteiger partial charge in [0.25, 0.3) is 0 Å². The number of fused-ring (bicyclic) bond motifs is 1. The third-order valence-electron chi connectivity index (χ3n) is 3.29. The predicted octanol–water partition coefficient (Wildman–Crippen LogP) is 0.577. The van der Waals surface area contributed by atoms with Gasteiger partial charge in [0.2, 0.25) is 0 Å². The molecule has 5 nitrogen and oxygen atoms in total. The number of rotatable bonds is 4. The molecule has 1 aliphatic rings. The second-order valence-corrected chi connectivity index (χ2v) is 4.45. The first-order valence-corrected chi connectivity index (χ1v) is 6.06. The second-order valence-electron chi connectivity index (χ2n) is 4.45. The molecule has 0 radical (unpaired) electrons. The Bertz CT molecular complexity index is 422. The van der Waals surface area contributed by atoms with Crippen molar-refractivity contribution in [3.8, 4) is 0 Å². The quantitative estimate of drug-likeness (QED) is 0.729. The molecule has 0 fully saturated rings. The molecule has 1 amide bonds. The van der Waals surface area contributed by atoms with Crippen LogP contribution in [0.5, 0.6) is 0 Å². The second kappa shape index (κ2) is 5.84. The van der Waals surface area contributed by atoms with Crippen molar-refractivity contribution in [2.45, 2.75) is 12.5 Å². The van der Waals surface area contributed by atoms with Crippen LogP contribution in [0.1, 0.15) is 17.2 Å². The summed E-state index contributed by atoms with van der Waals surface area (Å²) in [5.74, 6) is -0.182. The zero-order valence-corrected chi connectivity index (χ0v) is 10.1. The zero-order valence-electron chi connectivity index (χ0n) is 10.1. The first kappa shape index (κ1) is 12.9. The van der Waals surface area contributed by atoms with Crippen LogP contribution < -0.4 is 11.1 Å². The Balaban J connectivity index is 2.14. The molecule has 4 N–H and O–H groups in total. The van der Waals surface area contributed by atoms with Crippen molar-refractivity contribution in [3.63, 3.8) is 0 Å². The number of hydrogen-bond acceptors (Lipinski definition) is 4. The van der Waals surface area contributed by atoms with Gasteiger partial charge in [-0.15, -0.1) is 0 Å². The van der Waals surface area contributed by atoms with Gasteiger partial charge in [-0.05, 0) is 24.1 Å². The third-order valence-corrected chi connectivity index (χ3v) is 3.29. The molecule has 0 saturated carbocycles. The first-order valence-electron chi connectivity index (χ1n) is 6.06. The van der Waals surface area contributed by atoms with E-state index in [9.17, 15) is 9.90 Å². The fourth-order valence-electron chi connectivity index (χ4n) is 2.40. The molecule has 5 heteroatoms. The highest BCUT2D eigenvalue weighted by Gasteiger charge is 2.27. The van der Waals surface area contributed by atoms with Gasteiger partial charge in [0.1, 0.15) is 6.61 Å². The van der Waals surface area contributed by atoms with Gasteiger partial charge in [0.15, 0.2) is 0 Å². The lowest BCUT2D eigenvalue weighted by Crippen LogP contribution is -2.38. The van der Waals surface area contributed by atoms with E-state index in [1.807, 2.05) is 18.2 Å². The van der Waals surface area contributed by atoms with Gasteiger partial charge in [-0.25, -0.2) is 4.79 Å². The average molecular weight is 250 g/mol. The number of aliphatic hydroxyl groups excluding tert-OH is 1. The van der Waals surface area contributed by atoms with Gasteiger partial charge < -0.3 is 20.9 Å². The van der Waals surface area contributed by atoms with Crippen molar-refractivity contribution in [1.82, 2.24) is 5.32 Å². The van der Waals surface area contributed by atoms with Gasteiger partial charge >= 0.3 is 6.09 Å². The van der Waals surface area contributed by atoms with Gasteiger partial charge in [-0.3, -0.25) is 0 Å². The summed E-state index contributed by atoms with van der Waals surface area (Å²) in [6.07, 6.45) is 0.166. The highest BCUT2D eigenvalue weighted by Crippen LogP contribution is 2.28. The number of carbonyl (C=O) groups is 1. The molecular formula is C13H18N2O3. The minimum atomic E-state index is -0.808. The lowest BCUT2D eigenvalue weighted by molar-refractivity contribution is 0.0909. The van der Waals surface area contributed by atoms with Gasteiger partial charge in [-0.1, -0.05) is 24.3 Å². The molecule has 1 aliphatic heterocycles. The summed E-state index contributed by atoms with van der Waals surface area (Å²) in [7, 11) is 0. The molecule has 18 heavy (non-hydrogen) atoms. The van der Waals surface area contributed by atoms with Crippen LogP contribution in [0.15, 0.2) is 24.3 Å². The van der Waals surface area contributed by atoms with Gasteiger partial charge in [0, 0.05) is 12.0 Å². The van der Waals surface area contributed by atoms with Crippen molar-refractivity contribution in [2.24, 2.45) is 11.7 Å². The predicted molar refractivity (Wildman–Crippen MR) is 67.0 cm³/mol. The van der Waals surface area contributed by atoms with Gasteiger partial charge in [-0.2, -0.15) is 0 Å². The molecule has 1 aromatic rings. The standard InChI is InChI=1S/C13H18N2O3/c14-13(17)18-8-10(7-16)12-11-4-2-1-3-9(11)5-6-15-12/h1-4,10,12,15-16H,5-8H2,(H2,14,17). The minimum Gasteiger partial charge on any atom is -0.449 e. The highest BCUT2D eigenvalue weighted by atomic mass is 16.5. The SMILES string of the molecule is NC(=O)OCC(CO)C1NCCc2ccccc21. The van der Waals surface area contributed by atoms with Crippen LogP contribution in [0.3, 0.4) is 0 Å². The van der Waals surface area contributed by atoms with E-state index in [-0.39, 0.29) is 25.2 Å². The number of nitrogens with two attached hydrogens (primary N) is 1. The third kappa shape index (κ3) is 2.80. The fraction of sp³-hybridized carbons (Fsp3) is 0.462. The van der Waals surface area contributed by atoms with Crippen molar-refractivity contribution >= 4 is 6.09 Å². The summed E-state index contributed by atoms with van der Waals surface area (Å²) < 4.78 is 4.80. The Hall–Kier alpha value is -1.59. The summed E-state index contributed by atoms with van der Waals surface area (Å²) >= 11 is 0. The average Bonchev–Trinajstić information content (AvgIpc) is 2.39. The van der Waals surface area contributed by atoms with Crippen LogP contribution in [-0.4, -0.2) is 31.0 Å². The van der Waals surface area contributed by atoms with Crippen LogP contribution in [0, 0.1) is 5.92 Å². The summed E-state index contributed by atoms with van der Waals surface area (Å²) in [5.41, 5.74) is 7.40. The molecule has 0 aromatic heterocycles. The van der Waals surface area contributed by atoms with Crippen LogP contribution >= 0.6 is 0 Å². The van der Waals surface area contributed by atoms with Crippen molar-refractivity contribution in [1.29, 1.82) is 0 Å². The summed E-state index contributed by atoms with van der Waals surface area (Å²) in [6.45, 7) is 0.922. The maximum Gasteiger partial charge on any atom is 0.404 e. The van der Waals surface area contributed by atoms with E-state index in [0.717, 1.165) is 18.5 Å². The number of ether oxygens (including phenoxy) is 1. The molecule has 1 heterocycles. The lowest BCUT2D eigenvalue weighted by atomic mass is 9.87. The van der Waals surface area contributed by atoms with E-state index in [4.69, 9.17) is 10.5 Å². The highest BCUT2D eigenvalue weighted by molar-refractivity contribution is 5.64. The minimum absolute atomic E-state index is 0.000648. The lowest BCUT2D eigenvalue weighted by Gasteiger charge is -2.32. The monoisotopic (exact) mass is 250 g/mol. The van der Waals surface area contributed by atoms with E-state index >= 15 is 0 Å². The Morgan fingerprint density at radius 2 is 2.33 bits per heavy atom. The summed E-state index contributed by atoms with van der Waals surface area (Å²) in [5, 5.41) is 12.8. The number of amides is 1. The van der Waals surface area contributed by atoms with Crippen LogP contribution in [0.25, 0.3) is 0 Å². The van der Waals surface area contributed by atoms with Crippen molar-refractivity contribution in [2.75, 3.05) is 19.8 Å². The summed E-state index contributed by atoms with van der Waals surface area (Å²) in [4.78, 5) is 10.6. The van der Waals surface area contributed by atoms with Crippen molar-refractivity contribution in [3.05, 3.63) is 35.4 Å². The number of benzene rings is 1. The number of aliphatic hydroxyl groups is 1. The molecule has 1 aromatic carbocycles. The summed E-state index contributed by atoms with van der Waals surface area (Å²) in [6, 6.07) is 8.11. The van der Waals surface area contributed by atoms with E-state index in [2.05, 4.69) is 11.4 Å². The Morgan fingerprint density at radius 3 is 3.06 bits per heavy atom. The Kier molecular flexibility index (Phi) is 4.17. The topological polar surface area (TPSA) is 84.6 Å². The smallest absolute Gasteiger partial charge is 0.404 e.